The zero-order valence-electron chi connectivity index (χ0n) is 12.7. The van der Waals surface area contributed by atoms with E-state index in [1.165, 1.54) is 0 Å². The molecule has 2 unspecified atom stereocenters. The van der Waals surface area contributed by atoms with E-state index < -0.39 is 0 Å². The van der Waals surface area contributed by atoms with Gasteiger partial charge in [0, 0.05) is 42.3 Å². The summed E-state index contributed by atoms with van der Waals surface area (Å²) in [5, 5.41) is 1.67. The van der Waals surface area contributed by atoms with E-state index in [0.717, 1.165) is 16.5 Å². The van der Waals surface area contributed by atoms with Gasteiger partial charge in [-0.15, -0.1) is 0 Å². The molecule has 2 aromatic rings. The number of likely N-dealkylation sites (N-methyl/N-ethyl adjacent to an activating group) is 1. The highest BCUT2D eigenvalue weighted by Crippen LogP contribution is 2.31. The normalized spacial score (nSPS) is 14.6. The summed E-state index contributed by atoms with van der Waals surface area (Å²) in [6.45, 7) is 3.29. The SMILES string of the molecule is COCC(C)N(C)C(CN)c1ccc(Cl)c2cccnc12. The lowest BCUT2D eigenvalue weighted by Crippen LogP contribution is -2.39. The van der Waals surface area contributed by atoms with Crippen molar-refractivity contribution in [3.63, 3.8) is 0 Å². The maximum Gasteiger partial charge on any atom is 0.0765 e. The Morgan fingerprint density at radius 2 is 2.14 bits per heavy atom. The number of rotatable bonds is 6. The predicted molar refractivity (Wildman–Crippen MR) is 87.6 cm³/mol. The lowest BCUT2D eigenvalue weighted by atomic mass is 10.0. The van der Waals surface area contributed by atoms with Crippen molar-refractivity contribution in [2.75, 3.05) is 27.3 Å². The number of ether oxygens (including phenoxy) is 1. The minimum atomic E-state index is 0.0739. The Kier molecular flexibility index (Phi) is 5.53. The van der Waals surface area contributed by atoms with Crippen LogP contribution >= 0.6 is 11.6 Å². The van der Waals surface area contributed by atoms with Gasteiger partial charge in [0.15, 0.2) is 0 Å². The molecule has 4 nitrogen and oxygen atoms in total. The molecule has 0 spiro atoms. The summed E-state index contributed by atoms with van der Waals surface area (Å²) in [6.07, 6.45) is 1.79. The van der Waals surface area contributed by atoms with Gasteiger partial charge >= 0.3 is 0 Å². The standard InChI is InChI=1S/C16H22ClN3O/c1-11(10-21-3)20(2)15(9-18)13-6-7-14(17)12-5-4-8-19-16(12)13/h4-8,11,15H,9-10,18H2,1-3H3. The Bertz CT molecular complexity index is 605. The van der Waals surface area contributed by atoms with Crippen LogP contribution in [0.2, 0.25) is 5.02 Å². The van der Waals surface area contributed by atoms with Crippen LogP contribution in [0.25, 0.3) is 10.9 Å². The van der Waals surface area contributed by atoms with E-state index in [9.17, 15) is 0 Å². The Labute approximate surface area is 130 Å². The lowest BCUT2D eigenvalue weighted by Gasteiger charge is -2.32. The minimum Gasteiger partial charge on any atom is -0.383 e. The summed E-state index contributed by atoms with van der Waals surface area (Å²) >= 11 is 6.26. The van der Waals surface area contributed by atoms with Gasteiger partial charge in [-0.3, -0.25) is 9.88 Å². The fraction of sp³-hybridized carbons (Fsp3) is 0.438. The number of aromatic nitrogens is 1. The van der Waals surface area contributed by atoms with E-state index in [1.807, 2.05) is 24.3 Å². The number of halogens is 1. The summed E-state index contributed by atoms with van der Waals surface area (Å²) < 4.78 is 5.24. The number of fused-ring (bicyclic) bond motifs is 1. The van der Waals surface area contributed by atoms with E-state index in [0.29, 0.717) is 18.2 Å². The van der Waals surface area contributed by atoms with Crippen LogP contribution in [0.3, 0.4) is 0 Å². The summed E-state index contributed by atoms with van der Waals surface area (Å²) in [6, 6.07) is 8.15. The molecule has 1 aromatic heterocycles. The van der Waals surface area contributed by atoms with E-state index in [4.69, 9.17) is 22.1 Å². The van der Waals surface area contributed by atoms with Crippen LogP contribution in [-0.2, 0) is 4.74 Å². The number of hydrogen-bond donors (Lipinski definition) is 1. The van der Waals surface area contributed by atoms with Gasteiger partial charge in [-0.1, -0.05) is 17.7 Å². The molecule has 0 radical (unpaired) electrons. The summed E-state index contributed by atoms with van der Waals surface area (Å²) in [7, 11) is 3.77. The summed E-state index contributed by atoms with van der Waals surface area (Å²) in [4.78, 5) is 6.72. The van der Waals surface area contributed by atoms with Crippen molar-refractivity contribution in [1.29, 1.82) is 0 Å². The van der Waals surface area contributed by atoms with Gasteiger partial charge in [0.1, 0.15) is 0 Å². The van der Waals surface area contributed by atoms with Crippen molar-refractivity contribution in [3.05, 3.63) is 41.0 Å². The molecule has 2 rings (SSSR count). The smallest absolute Gasteiger partial charge is 0.0765 e. The summed E-state index contributed by atoms with van der Waals surface area (Å²) in [5.74, 6) is 0. The molecule has 1 heterocycles. The molecular weight excluding hydrogens is 286 g/mol. The molecule has 0 saturated carbocycles. The van der Waals surface area contributed by atoms with Crippen LogP contribution in [0.15, 0.2) is 30.5 Å². The third-order valence-electron chi connectivity index (χ3n) is 3.92. The molecule has 5 heteroatoms. The minimum absolute atomic E-state index is 0.0739. The Morgan fingerprint density at radius 1 is 1.38 bits per heavy atom. The zero-order chi connectivity index (χ0) is 15.4. The molecule has 0 bridgehead atoms. The molecule has 114 valence electrons. The molecule has 0 amide bonds. The lowest BCUT2D eigenvalue weighted by molar-refractivity contribution is 0.0914. The zero-order valence-corrected chi connectivity index (χ0v) is 13.5. The van der Waals surface area contributed by atoms with Crippen molar-refractivity contribution < 1.29 is 4.74 Å². The van der Waals surface area contributed by atoms with Gasteiger partial charge in [-0.25, -0.2) is 0 Å². The van der Waals surface area contributed by atoms with Crippen molar-refractivity contribution >= 4 is 22.5 Å². The first-order chi connectivity index (χ1) is 10.1. The number of benzene rings is 1. The molecule has 2 atom stereocenters. The summed E-state index contributed by atoms with van der Waals surface area (Å²) in [5.41, 5.74) is 8.04. The monoisotopic (exact) mass is 307 g/mol. The second-order valence-electron chi connectivity index (χ2n) is 5.26. The van der Waals surface area contributed by atoms with Crippen LogP contribution < -0.4 is 5.73 Å². The van der Waals surface area contributed by atoms with Gasteiger partial charge < -0.3 is 10.5 Å². The first-order valence-corrected chi connectivity index (χ1v) is 7.42. The maximum atomic E-state index is 6.26. The highest BCUT2D eigenvalue weighted by molar-refractivity contribution is 6.35. The number of methoxy groups -OCH3 is 1. The van der Waals surface area contributed by atoms with Crippen LogP contribution in [0.4, 0.5) is 0 Å². The molecule has 0 fully saturated rings. The second kappa shape index (κ2) is 7.18. The van der Waals surface area contributed by atoms with Crippen molar-refractivity contribution in [1.82, 2.24) is 9.88 Å². The van der Waals surface area contributed by atoms with Crippen LogP contribution in [0.1, 0.15) is 18.5 Å². The molecule has 1 aromatic carbocycles. The van der Waals surface area contributed by atoms with Gasteiger partial charge in [0.2, 0.25) is 0 Å². The highest BCUT2D eigenvalue weighted by Gasteiger charge is 2.23. The van der Waals surface area contributed by atoms with E-state index >= 15 is 0 Å². The van der Waals surface area contributed by atoms with Gasteiger partial charge in [0.25, 0.3) is 0 Å². The second-order valence-corrected chi connectivity index (χ2v) is 5.66. The fourth-order valence-electron chi connectivity index (χ4n) is 2.61. The van der Waals surface area contributed by atoms with Crippen molar-refractivity contribution in [2.24, 2.45) is 5.73 Å². The van der Waals surface area contributed by atoms with Gasteiger partial charge in [-0.2, -0.15) is 0 Å². The Balaban J connectivity index is 2.45. The molecule has 21 heavy (non-hydrogen) atoms. The van der Waals surface area contributed by atoms with Crippen LogP contribution in [0.5, 0.6) is 0 Å². The number of nitrogens with zero attached hydrogens (tertiary/aromatic N) is 2. The van der Waals surface area contributed by atoms with E-state index in [2.05, 4.69) is 23.9 Å². The Hall–Kier alpha value is -1.20. The third kappa shape index (κ3) is 3.35. The highest BCUT2D eigenvalue weighted by atomic mass is 35.5. The number of nitrogens with two attached hydrogens (primary N) is 1. The average Bonchev–Trinajstić information content (AvgIpc) is 2.50. The first kappa shape index (κ1) is 16.2. The first-order valence-electron chi connectivity index (χ1n) is 7.04. The maximum absolute atomic E-state index is 6.26. The van der Waals surface area contributed by atoms with Crippen molar-refractivity contribution in [2.45, 2.75) is 19.0 Å². The number of hydrogen-bond acceptors (Lipinski definition) is 4. The largest absolute Gasteiger partial charge is 0.383 e. The van der Waals surface area contributed by atoms with Crippen LogP contribution in [-0.4, -0.2) is 43.2 Å². The molecule has 0 aliphatic rings. The number of pyridine rings is 1. The third-order valence-corrected chi connectivity index (χ3v) is 4.25. The molecular formula is C16H22ClN3O. The Morgan fingerprint density at radius 3 is 2.81 bits per heavy atom. The predicted octanol–water partition coefficient (Wildman–Crippen LogP) is 2.85. The van der Waals surface area contributed by atoms with Gasteiger partial charge in [0.05, 0.1) is 12.1 Å². The quantitative estimate of drug-likeness (QED) is 0.891. The van der Waals surface area contributed by atoms with Crippen LogP contribution in [0, 0.1) is 0 Å². The fourth-order valence-corrected chi connectivity index (χ4v) is 2.82. The molecule has 0 aliphatic carbocycles. The topological polar surface area (TPSA) is 51.4 Å². The van der Waals surface area contributed by atoms with E-state index in [1.54, 1.807) is 13.3 Å². The van der Waals surface area contributed by atoms with Gasteiger partial charge in [-0.05, 0) is 37.7 Å². The molecule has 2 N–H and O–H groups in total. The van der Waals surface area contributed by atoms with E-state index in [-0.39, 0.29) is 12.1 Å². The van der Waals surface area contributed by atoms with Crippen molar-refractivity contribution in [3.8, 4) is 0 Å². The average molecular weight is 308 g/mol. The molecule has 0 saturated heterocycles. The molecule has 0 aliphatic heterocycles.